The third-order valence-electron chi connectivity index (χ3n) is 4.94. The molecule has 1 aliphatic heterocycles. The molecule has 186 valence electrons. The predicted molar refractivity (Wildman–Crippen MR) is 127 cm³/mol. The van der Waals surface area contributed by atoms with Gasteiger partial charge in [-0.3, -0.25) is 14.8 Å². The number of pyridine rings is 1. The molecule has 7 nitrogen and oxygen atoms in total. The number of rotatable bonds is 7. The summed E-state index contributed by atoms with van der Waals surface area (Å²) in [4.78, 5) is 22.4. The van der Waals surface area contributed by atoms with Crippen LogP contribution < -0.4 is 19.5 Å². The third kappa shape index (κ3) is 6.40. The van der Waals surface area contributed by atoms with Crippen LogP contribution >= 0.6 is 0 Å². The van der Waals surface area contributed by atoms with Crippen LogP contribution in [0.4, 0.5) is 13.2 Å². The van der Waals surface area contributed by atoms with Gasteiger partial charge < -0.3 is 19.5 Å². The Morgan fingerprint density at radius 1 is 1.09 bits per heavy atom. The first-order chi connectivity index (χ1) is 16.7. The molecule has 0 fully saturated rings. The van der Waals surface area contributed by atoms with Crippen LogP contribution in [0.2, 0.25) is 0 Å². The number of amidine groups is 1. The molecule has 1 N–H and O–H groups in total. The Labute approximate surface area is 200 Å². The van der Waals surface area contributed by atoms with Gasteiger partial charge in [0.05, 0.1) is 27.4 Å². The molecule has 0 spiro atoms. The normalized spacial score (nSPS) is 12.8. The number of carbonyl (C=O) groups is 1. The van der Waals surface area contributed by atoms with Gasteiger partial charge in [0.25, 0.3) is 0 Å². The molecule has 0 amide bonds. The number of halogens is 3. The molecule has 35 heavy (non-hydrogen) atoms. The molecule has 0 radical (unpaired) electrons. The van der Waals surface area contributed by atoms with Crippen molar-refractivity contribution in [3.8, 4) is 17.2 Å². The molecule has 2 aromatic carbocycles. The van der Waals surface area contributed by atoms with Crippen LogP contribution in [0.5, 0.6) is 17.2 Å². The summed E-state index contributed by atoms with van der Waals surface area (Å²) in [6.45, 7) is 4.10. The van der Waals surface area contributed by atoms with Crippen molar-refractivity contribution in [2.45, 2.75) is 20.0 Å². The van der Waals surface area contributed by atoms with E-state index >= 15 is 0 Å². The first-order valence-electron chi connectivity index (χ1n) is 10.8. The SMILES string of the molecule is CC(F)(F)F.CCOc1cccc(C(=O)c2ncc(C3=NCCN3)c3cc(OC)c(OC)cc23)c1. The van der Waals surface area contributed by atoms with Crippen molar-refractivity contribution in [2.24, 2.45) is 4.99 Å². The number of alkyl halides is 3. The number of fused-ring (bicyclic) bond motifs is 1. The van der Waals surface area contributed by atoms with Gasteiger partial charge >= 0.3 is 6.18 Å². The molecule has 0 aliphatic carbocycles. The zero-order valence-corrected chi connectivity index (χ0v) is 19.8. The second-order valence-electron chi connectivity index (χ2n) is 7.50. The van der Waals surface area contributed by atoms with Crippen molar-refractivity contribution in [3.63, 3.8) is 0 Å². The summed E-state index contributed by atoms with van der Waals surface area (Å²) < 4.78 is 47.6. The minimum absolute atomic E-state index is 0.188. The number of methoxy groups -OCH3 is 2. The standard InChI is InChI=1S/C23H23N3O4.C2H3F3/c1-4-30-15-7-5-6-14(10-15)22(27)21-17-12-20(29-3)19(28-2)11-16(17)18(13-26-21)23-24-8-9-25-23;1-2(3,4)5/h5-7,10-13H,4,8-9H2,1-3H3,(H,24,25);1H3. The highest BCUT2D eigenvalue weighted by molar-refractivity contribution is 6.19. The molecule has 0 saturated heterocycles. The van der Waals surface area contributed by atoms with Gasteiger partial charge in [-0.15, -0.1) is 0 Å². The summed E-state index contributed by atoms with van der Waals surface area (Å²) >= 11 is 0. The van der Waals surface area contributed by atoms with Gasteiger partial charge in [0.2, 0.25) is 5.78 Å². The fourth-order valence-electron chi connectivity index (χ4n) is 3.54. The lowest BCUT2D eigenvalue weighted by atomic mass is 9.98. The Bertz CT molecular complexity index is 1240. The van der Waals surface area contributed by atoms with Crippen molar-refractivity contribution in [1.82, 2.24) is 10.3 Å². The molecule has 4 rings (SSSR count). The van der Waals surface area contributed by atoms with Crippen LogP contribution in [0.15, 0.2) is 47.6 Å². The van der Waals surface area contributed by atoms with Gasteiger partial charge in [-0.1, -0.05) is 12.1 Å². The van der Waals surface area contributed by atoms with Crippen LogP contribution in [-0.4, -0.2) is 56.7 Å². The Morgan fingerprint density at radius 3 is 2.31 bits per heavy atom. The summed E-state index contributed by atoms with van der Waals surface area (Å²) in [6, 6.07) is 10.8. The van der Waals surface area contributed by atoms with Crippen molar-refractivity contribution in [2.75, 3.05) is 33.9 Å². The fraction of sp³-hybridized carbons (Fsp3) is 0.320. The zero-order chi connectivity index (χ0) is 25.6. The topological polar surface area (TPSA) is 82.0 Å². The van der Waals surface area contributed by atoms with E-state index in [2.05, 4.69) is 15.3 Å². The lowest BCUT2D eigenvalue weighted by molar-refractivity contribution is -0.110. The maximum Gasteiger partial charge on any atom is 0.386 e. The number of hydrogen-bond acceptors (Lipinski definition) is 7. The quantitative estimate of drug-likeness (QED) is 0.480. The van der Waals surface area contributed by atoms with E-state index in [0.717, 1.165) is 23.3 Å². The molecule has 2 heterocycles. The molecular formula is C25H26F3N3O4. The molecule has 3 aromatic rings. The van der Waals surface area contributed by atoms with Gasteiger partial charge in [-0.25, -0.2) is 0 Å². The van der Waals surface area contributed by atoms with Gasteiger partial charge in [-0.2, -0.15) is 13.2 Å². The van der Waals surface area contributed by atoms with E-state index in [4.69, 9.17) is 14.2 Å². The molecule has 0 saturated carbocycles. The molecular weight excluding hydrogens is 463 g/mol. The number of benzene rings is 2. The third-order valence-corrected chi connectivity index (χ3v) is 4.94. The van der Waals surface area contributed by atoms with E-state index in [0.29, 0.717) is 47.0 Å². The van der Waals surface area contributed by atoms with Gasteiger partial charge in [-0.05, 0) is 31.2 Å². The second kappa shape index (κ2) is 11.1. The number of nitrogens with one attached hydrogen (secondary N) is 1. The zero-order valence-electron chi connectivity index (χ0n) is 19.8. The minimum atomic E-state index is -4.00. The largest absolute Gasteiger partial charge is 0.494 e. The monoisotopic (exact) mass is 489 g/mol. The van der Waals surface area contributed by atoms with Crippen molar-refractivity contribution >= 4 is 22.4 Å². The maximum atomic E-state index is 13.4. The Morgan fingerprint density at radius 2 is 1.74 bits per heavy atom. The number of ketones is 1. The van der Waals surface area contributed by atoms with Crippen molar-refractivity contribution in [3.05, 3.63) is 59.4 Å². The van der Waals surface area contributed by atoms with E-state index in [1.54, 1.807) is 44.7 Å². The summed E-state index contributed by atoms with van der Waals surface area (Å²) in [7, 11) is 3.15. The van der Waals surface area contributed by atoms with Crippen LogP contribution in [0.1, 0.15) is 35.5 Å². The van der Waals surface area contributed by atoms with Gasteiger partial charge in [0.1, 0.15) is 17.3 Å². The molecule has 1 aromatic heterocycles. The number of hydrogen-bond donors (Lipinski definition) is 1. The summed E-state index contributed by atoms with van der Waals surface area (Å²) in [5, 5.41) is 4.76. The van der Waals surface area contributed by atoms with Crippen molar-refractivity contribution in [1.29, 1.82) is 0 Å². The Kier molecular flexibility index (Phi) is 8.16. The number of ether oxygens (including phenoxy) is 3. The molecule has 0 atom stereocenters. The number of carbonyl (C=O) groups excluding carboxylic acids is 1. The lowest BCUT2D eigenvalue weighted by Gasteiger charge is -2.14. The van der Waals surface area contributed by atoms with E-state index in [-0.39, 0.29) is 12.7 Å². The minimum Gasteiger partial charge on any atom is -0.494 e. The summed E-state index contributed by atoms with van der Waals surface area (Å²) in [5.74, 6) is 2.32. The molecule has 10 heteroatoms. The van der Waals surface area contributed by atoms with Crippen LogP contribution in [0.3, 0.4) is 0 Å². The lowest BCUT2D eigenvalue weighted by Crippen LogP contribution is -2.20. The summed E-state index contributed by atoms with van der Waals surface area (Å²) in [6.07, 6.45) is -2.31. The van der Waals surface area contributed by atoms with Crippen LogP contribution in [-0.2, 0) is 0 Å². The number of nitrogens with zero attached hydrogens (tertiary/aromatic N) is 2. The predicted octanol–water partition coefficient (Wildman–Crippen LogP) is 4.80. The fourth-order valence-corrected chi connectivity index (χ4v) is 3.54. The number of aliphatic imine (C=N–C) groups is 1. The van der Waals surface area contributed by atoms with E-state index in [1.807, 2.05) is 19.1 Å². The first-order valence-corrected chi connectivity index (χ1v) is 10.8. The summed E-state index contributed by atoms with van der Waals surface area (Å²) in [5.41, 5.74) is 1.67. The number of aromatic nitrogens is 1. The van der Waals surface area contributed by atoms with Crippen molar-refractivity contribution < 1.29 is 32.2 Å². The van der Waals surface area contributed by atoms with E-state index < -0.39 is 6.18 Å². The second-order valence-corrected chi connectivity index (χ2v) is 7.50. The van der Waals surface area contributed by atoms with E-state index in [9.17, 15) is 18.0 Å². The van der Waals surface area contributed by atoms with Gasteiger partial charge in [0, 0.05) is 41.6 Å². The van der Waals surface area contributed by atoms with Gasteiger partial charge in [0.15, 0.2) is 11.5 Å². The van der Waals surface area contributed by atoms with Crippen LogP contribution in [0, 0.1) is 0 Å². The molecule has 0 bridgehead atoms. The average Bonchev–Trinajstić information content (AvgIpc) is 3.36. The highest BCUT2D eigenvalue weighted by Crippen LogP contribution is 2.35. The van der Waals surface area contributed by atoms with Crippen LogP contribution in [0.25, 0.3) is 10.8 Å². The Balaban J connectivity index is 0.000000623. The molecule has 1 aliphatic rings. The highest BCUT2D eigenvalue weighted by atomic mass is 19.4. The van der Waals surface area contributed by atoms with E-state index in [1.165, 1.54) is 0 Å². The smallest absolute Gasteiger partial charge is 0.386 e. The average molecular weight is 489 g/mol. The Hall–Kier alpha value is -3.82. The highest BCUT2D eigenvalue weighted by Gasteiger charge is 2.22. The molecule has 0 unspecified atom stereocenters. The maximum absolute atomic E-state index is 13.4. The first kappa shape index (κ1) is 25.8.